The lowest BCUT2D eigenvalue weighted by molar-refractivity contribution is 0.101. The Morgan fingerprint density at radius 2 is 2.18 bits per heavy atom. The van der Waals surface area contributed by atoms with Crippen molar-refractivity contribution >= 4 is 6.03 Å². The van der Waals surface area contributed by atoms with Crippen molar-refractivity contribution in [1.29, 1.82) is 0 Å². The molecule has 1 aromatic carbocycles. The van der Waals surface area contributed by atoms with Crippen LogP contribution in [0.2, 0.25) is 0 Å². The number of urea groups is 1. The van der Waals surface area contributed by atoms with Crippen LogP contribution >= 0.6 is 0 Å². The Hall–Kier alpha value is -1.62. The Kier molecular flexibility index (Phi) is 4.62. The third kappa shape index (κ3) is 3.58. The average Bonchev–Trinajstić information content (AvgIpc) is 2.88. The number of amides is 2. The van der Waals surface area contributed by atoms with Crippen molar-refractivity contribution in [1.82, 2.24) is 10.6 Å². The van der Waals surface area contributed by atoms with Gasteiger partial charge in [-0.25, -0.2) is 9.18 Å². The molecule has 0 saturated heterocycles. The van der Waals surface area contributed by atoms with Crippen molar-refractivity contribution in [3.05, 3.63) is 35.1 Å². The molecule has 0 heterocycles. The van der Waals surface area contributed by atoms with E-state index in [2.05, 4.69) is 10.6 Å². The first-order valence-electron chi connectivity index (χ1n) is 8.12. The molecule has 2 amide bonds. The fraction of sp³-hybridized carbons (Fsp3) is 0.588. The van der Waals surface area contributed by atoms with E-state index in [1.54, 1.807) is 6.07 Å². The molecule has 1 aromatic rings. The summed E-state index contributed by atoms with van der Waals surface area (Å²) in [5.41, 5.74) is 2.00. The predicted molar refractivity (Wildman–Crippen MR) is 82.0 cm³/mol. The highest BCUT2D eigenvalue weighted by atomic mass is 19.1. The molecule has 2 aliphatic carbocycles. The summed E-state index contributed by atoms with van der Waals surface area (Å²) in [7, 11) is 0. The number of benzene rings is 1. The highest BCUT2D eigenvalue weighted by molar-refractivity contribution is 5.74. The van der Waals surface area contributed by atoms with Crippen LogP contribution in [-0.2, 0) is 6.42 Å². The maximum absolute atomic E-state index is 13.3. The average molecular weight is 306 g/mol. The van der Waals surface area contributed by atoms with E-state index in [0.29, 0.717) is 12.5 Å². The lowest BCUT2D eigenvalue weighted by atomic mass is 9.87. The van der Waals surface area contributed by atoms with Gasteiger partial charge in [-0.1, -0.05) is 12.5 Å². The van der Waals surface area contributed by atoms with Gasteiger partial charge in [-0.2, -0.15) is 0 Å². The van der Waals surface area contributed by atoms with E-state index in [0.717, 1.165) is 49.7 Å². The van der Waals surface area contributed by atoms with Gasteiger partial charge in [-0.05, 0) is 61.3 Å². The summed E-state index contributed by atoms with van der Waals surface area (Å²) in [6.45, 7) is 0.589. The van der Waals surface area contributed by atoms with Crippen molar-refractivity contribution in [2.24, 2.45) is 5.92 Å². The fourth-order valence-corrected chi connectivity index (χ4v) is 3.62. The third-order valence-corrected chi connectivity index (χ3v) is 4.80. The molecular weight excluding hydrogens is 283 g/mol. The molecule has 1 fully saturated rings. The van der Waals surface area contributed by atoms with Gasteiger partial charge >= 0.3 is 6.03 Å². The van der Waals surface area contributed by atoms with E-state index in [9.17, 15) is 14.3 Å². The minimum Gasteiger partial charge on any atom is -0.393 e. The standard InChI is InChI=1S/C17H23FN2O2/c18-13-6-4-12-5-7-16(15(12)9-13)20-17(22)19-10-11-2-1-3-14(21)8-11/h4,6,9,11,14,16,21H,1-3,5,7-8,10H2,(H2,19,20,22). The number of aliphatic hydroxyl groups excluding tert-OH is 1. The van der Waals surface area contributed by atoms with Gasteiger partial charge in [0, 0.05) is 6.54 Å². The zero-order chi connectivity index (χ0) is 15.5. The van der Waals surface area contributed by atoms with E-state index in [4.69, 9.17) is 0 Å². The summed E-state index contributed by atoms with van der Waals surface area (Å²) < 4.78 is 13.3. The predicted octanol–water partition coefficient (Wildman–Crippen LogP) is 2.66. The van der Waals surface area contributed by atoms with E-state index in [-0.39, 0.29) is 24.0 Å². The van der Waals surface area contributed by atoms with Crippen LogP contribution < -0.4 is 10.6 Å². The van der Waals surface area contributed by atoms with Crippen molar-refractivity contribution < 1.29 is 14.3 Å². The minimum absolute atomic E-state index is 0.109. The molecule has 0 radical (unpaired) electrons. The molecule has 2 aliphatic rings. The number of fused-ring (bicyclic) bond motifs is 1. The normalized spacial score (nSPS) is 27.3. The van der Waals surface area contributed by atoms with Gasteiger partial charge in [-0.15, -0.1) is 0 Å². The molecule has 3 N–H and O–H groups in total. The van der Waals surface area contributed by atoms with Crippen LogP contribution in [0.15, 0.2) is 18.2 Å². The van der Waals surface area contributed by atoms with Crippen LogP contribution in [0.25, 0.3) is 0 Å². The number of aryl methyl sites for hydroxylation is 1. The lowest BCUT2D eigenvalue weighted by Gasteiger charge is -2.26. The molecule has 3 unspecified atom stereocenters. The molecule has 5 heteroatoms. The fourth-order valence-electron chi connectivity index (χ4n) is 3.62. The highest BCUT2D eigenvalue weighted by Gasteiger charge is 2.25. The summed E-state index contributed by atoms with van der Waals surface area (Å²) in [6, 6.07) is 4.47. The van der Waals surface area contributed by atoms with Crippen molar-refractivity contribution in [3.8, 4) is 0 Å². The Labute approximate surface area is 130 Å². The highest BCUT2D eigenvalue weighted by Crippen LogP contribution is 2.31. The molecule has 4 nitrogen and oxygen atoms in total. The van der Waals surface area contributed by atoms with Gasteiger partial charge in [0.05, 0.1) is 12.1 Å². The second-order valence-corrected chi connectivity index (χ2v) is 6.48. The molecule has 3 rings (SSSR count). The Morgan fingerprint density at radius 3 is 3.00 bits per heavy atom. The summed E-state index contributed by atoms with van der Waals surface area (Å²) in [4.78, 5) is 12.0. The van der Waals surface area contributed by atoms with Crippen molar-refractivity contribution in [2.45, 2.75) is 50.7 Å². The number of halogens is 1. The van der Waals surface area contributed by atoms with Gasteiger partial charge < -0.3 is 15.7 Å². The van der Waals surface area contributed by atoms with Crippen LogP contribution in [0.4, 0.5) is 9.18 Å². The van der Waals surface area contributed by atoms with Crippen molar-refractivity contribution in [3.63, 3.8) is 0 Å². The minimum atomic E-state index is -0.260. The molecule has 0 aromatic heterocycles. The Balaban J connectivity index is 1.50. The molecule has 3 atom stereocenters. The second-order valence-electron chi connectivity index (χ2n) is 6.48. The Bertz CT molecular complexity index is 549. The first-order chi connectivity index (χ1) is 10.6. The third-order valence-electron chi connectivity index (χ3n) is 4.80. The lowest BCUT2D eigenvalue weighted by Crippen LogP contribution is -2.40. The maximum atomic E-state index is 13.3. The number of hydrogen-bond acceptors (Lipinski definition) is 2. The van der Waals surface area contributed by atoms with E-state index >= 15 is 0 Å². The first-order valence-corrected chi connectivity index (χ1v) is 8.12. The molecule has 22 heavy (non-hydrogen) atoms. The van der Waals surface area contributed by atoms with E-state index in [1.165, 1.54) is 12.1 Å². The topological polar surface area (TPSA) is 61.4 Å². The van der Waals surface area contributed by atoms with Crippen LogP contribution in [0.1, 0.15) is 49.3 Å². The number of rotatable bonds is 3. The zero-order valence-electron chi connectivity index (χ0n) is 12.6. The molecule has 120 valence electrons. The second kappa shape index (κ2) is 6.65. The van der Waals surface area contributed by atoms with Gasteiger partial charge in [0.25, 0.3) is 0 Å². The molecule has 1 saturated carbocycles. The number of nitrogens with one attached hydrogen (secondary N) is 2. The zero-order valence-corrected chi connectivity index (χ0v) is 12.6. The molecule has 0 bridgehead atoms. The van der Waals surface area contributed by atoms with Crippen LogP contribution in [0.5, 0.6) is 0 Å². The number of hydrogen-bond donors (Lipinski definition) is 3. The summed E-state index contributed by atoms with van der Waals surface area (Å²) in [5.74, 6) is 0.0897. The monoisotopic (exact) mass is 306 g/mol. The molecule has 0 spiro atoms. The number of carbonyl (C=O) groups excluding carboxylic acids is 1. The Morgan fingerprint density at radius 1 is 1.32 bits per heavy atom. The smallest absolute Gasteiger partial charge is 0.315 e. The maximum Gasteiger partial charge on any atom is 0.315 e. The summed E-state index contributed by atoms with van der Waals surface area (Å²) in [5, 5.41) is 15.5. The first kappa shape index (κ1) is 15.3. The van der Waals surface area contributed by atoms with Crippen molar-refractivity contribution in [2.75, 3.05) is 6.54 Å². The largest absolute Gasteiger partial charge is 0.393 e. The van der Waals surface area contributed by atoms with Gasteiger partial charge in [0.1, 0.15) is 5.82 Å². The molecule has 0 aliphatic heterocycles. The van der Waals surface area contributed by atoms with Crippen LogP contribution in [0, 0.1) is 11.7 Å². The van der Waals surface area contributed by atoms with E-state index < -0.39 is 0 Å². The van der Waals surface area contributed by atoms with Crippen LogP contribution in [0.3, 0.4) is 0 Å². The van der Waals surface area contributed by atoms with Gasteiger partial charge in [0.2, 0.25) is 0 Å². The van der Waals surface area contributed by atoms with Gasteiger partial charge in [0.15, 0.2) is 0 Å². The number of carbonyl (C=O) groups is 1. The summed E-state index contributed by atoms with van der Waals surface area (Å²) >= 11 is 0. The summed E-state index contributed by atoms with van der Waals surface area (Å²) in [6.07, 6.45) is 5.15. The SMILES string of the molecule is O=C(NCC1CCCC(O)C1)NC1CCc2ccc(F)cc21. The molecular formula is C17H23FN2O2. The van der Waals surface area contributed by atoms with Gasteiger partial charge in [-0.3, -0.25) is 0 Å². The van der Waals surface area contributed by atoms with E-state index in [1.807, 2.05) is 0 Å². The number of aliphatic hydroxyl groups is 1. The van der Waals surface area contributed by atoms with Crippen LogP contribution in [-0.4, -0.2) is 23.8 Å². The quantitative estimate of drug-likeness (QED) is 0.804.